The molecule has 7 nitrogen and oxygen atoms in total. The number of hydrogen-bond donors (Lipinski definition) is 0. The average molecular weight is 385 g/mol. The summed E-state index contributed by atoms with van der Waals surface area (Å²) >= 11 is 0. The van der Waals surface area contributed by atoms with E-state index in [1.807, 2.05) is 30.3 Å². The van der Waals surface area contributed by atoms with Gasteiger partial charge in [0.1, 0.15) is 0 Å². The van der Waals surface area contributed by atoms with Crippen LogP contribution in [0.15, 0.2) is 65.6 Å². The molecule has 8 heteroatoms. The van der Waals surface area contributed by atoms with E-state index in [0.29, 0.717) is 11.4 Å². The monoisotopic (exact) mass is 385 g/mol. The van der Waals surface area contributed by atoms with Crippen LogP contribution in [0, 0.1) is 0 Å². The van der Waals surface area contributed by atoms with Crippen LogP contribution in [0.2, 0.25) is 0 Å². The molecule has 3 rings (SSSR count). The highest BCUT2D eigenvalue weighted by molar-refractivity contribution is 7.90. The number of nitrogens with zero attached hydrogens (tertiary/aromatic N) is 3. The highest BCUT2D eigenvalue weighted by Crippen LogP contribution is 2.25. The van der Waals surface area contributed by atoms with Crippen LogP contribution in [-0.4, -0.2) is 49.6 Å². The lowest BCUT2D eigenvalue weighted by atomic mass is 10.1. The van der Waals surface area contributed by atoms with E-state index in [4.69, 9.17) is 4.84 Å². The molecule has 0 aliphatic carbocycles. The van der Waals surface area contributed by atoms with Crippen LogP contribution in [-0.2, 0) is 14.7 Å². The summed E-state index contributed by atoms with van der Waals surface area (Å²) in [5.74, 6) is -0.388. The van der Waals surface area contributed by atoms with Gasteiger partial charge in [-0.1, -0.05) is 30.3 Å². The van der Waals surface area contributed by atoms with Crippen LogP contribution < -0.4 is 0 Å². The molecule has 3 aromatic rings. The Bertz CT molecular complexity index is 1060. The first-order chi connectivity index (χ1) is 12.8. The molecule has 27 heavy (non-hydrogen) atoms. The molecule has 1 aromatic heterocycles. The molecular weight excluding hydrogens is 366 g/mol. The zero-order valence-corrected chi connectivity index (χ0v) is 16.0. The zero-order chi connectivity index (χ0) is 19.6. The molecule has 0 atom stereocenters. The Labute approximate surface area is 157 Å². The average Bonchev–Trinajstić information content (AvgIpc) is 3.12. The smallest absolute Gasteiger partial charge is 0.274 e. The van der Waals surface area contributed by atoms with Crippen molar-refractivity contribution in [3.05, 3.63) is 66.4 Å². The molecule has 0 fully saturated rings. The minimum Gasteiger partial charge on any atom is -0.274 e. The predicted octanol–water partition coefficient (Wildman–Crippen LogP) is 2.58. The van der Waals surface area contributed by atoms with E-state index in [9.17, 15) is 13.2 Å². The SMILES string of the molecule is CON(C)C(=O)c1cc(-c2ccccc2)n(-c2ccc(S(C)(=O)=O)cc2)n1. The summed E-state index contributed by atoms with van der Waals surface area (Å²) < 4.78 is 25.0. The van der Waals surface area contributed by atoms with E-state index in [2.05, 4.69) is 5.10 Å². The number of sulfone groups is 1. The van der Waals surface area contributed by atoms with E-state index >= 15 is 0 Å². The second-order valence-electron chi connectivity index (χ2n) is 5.94. The van der Waals surface area contributed by atoms with Crippen molar-refractivity contribution < 1.29 is 18.0 Å². The summed E-state index contributed by atoms with van der Waals surface area (Å²) in [5, 5.41) is 5.51. The maximum absolute atomic E-state index is 12.4. The lowest BCUT2D eigenvalue weighted by Gasteiger charge is -2.11. The fourth-order valence-electron chi connectivity index (χ4n) is 2.58. The maximum atomic E-state index is 12.4. The van der Waals surface area contributed by atoms with Gasteiger partial charge in [-0.15, -0.1) is 0 Å². The third kappa shape index (κ3) is 3.91. The molecule has 0 saturated carbocycles. The topological polar surface area (TPSA) is 81.5 Å². The molecule has 0 N–H and O–H groups in total. The maximum Gasteiger partial charge on any atom is 0.297 e. The Hall–Kier alpha value is -2.97. The number of hydroxylamine groups is 2. The van der Waals surface area contributed by atoms with Gasteiger partial charge in [0.05, 0.1) is 23.4 Å². The summed E-state index contributed by atoms with van der Waals surface area (Å²) in [7, 11) is -0.390. The summed E-state index contributed by atoms with van der Waals surface area (Å²) in [5.41, 5.74) is 2.43. The van der Waals surface area contributed by atoms with Gasteiger partial charge in [-0.2, -0.15) is 5.10 Å². The number of rotatable bonds is 5. The molecule has 140 valence electrons. The van der Waals surface area contributed by atoms with E-state index in [1.165, 1.54) is 26.3 Å². The number of carbonyl (C=O) groups is 1. The molecule has 0 aliphatic rings. The first-order valence-corrected chi connectivity index (χ1v) is 9.98. The van der Waals surface area contributed by atoms with Crippen molar-refractivity contribution >= 4 is 15.7 Å². The van der Waals surface area contributed by atoms with E-state index in [1.54, 1.807) is 22.9 Å². The predicted molar refractivity (Wildman–Crippen MR) is 101 cm³/mol. The minimum absolute atomic E-state index is 0.213. The molecule has 1 heterocycles. The van der Waals surface area contributed by atoms with Crippen LogP contribution in [0.3, 0.4) is 0 Å². The zero-order valence-electron chi connectivity index (χ0n) is 15.2. The van der Waals surface area contributed by atoms with Gasteiger partial charge in [0, 0.05) is 18.9 Å². The summed E-state index contributed by atoms with van der Waals surface area (Å²) in [6.07, 6.45) is 1.16. The van der Waals surface area contributed by atoms with Crippen molar-refractivity contribution in [2.24, 2.45) is 0 Å². The molecule has 0 unspecified atom stereocenters. The Morgan fingerprint density at radius 3 is 2.26 bits per heavy atom. The van der Waals surface area contributed by atoms with Gasteiger partial charge < -0.3 is 0 Å². The highest BCUT2D eigenvalue weighted by Gasteiger charge is 2.20. The number of hydrogen-bond acceptors (Lipinski definition) is 5. The molecule has 0 radical (unpaired) electrons. The normalized spacial score (nSPS) is 11.4. The van der Waals surface area contributed by atoms with Crippen LogP contribution in [0.1, 0.15) is 10.5 Å². The van der Waals surface area contributed by atoms with Gasteiger partial charge >= 0.3 is 0 Å². The Morgan fingerprint density at radius 1 is 1.07 bits per heavy atom. The lowest BCUT2D eigenvalue weighted by Crippen LogP contribution is -2.25. The van der Waals surface area contributed by atoms with Gasteiger partial charge in [-0.25, -0.2) is 18.2 Å². The first-order valence-electron chi connectivity index (χ1n) is 8.09. The molecule has 0 aliphatic heterocycles. The standard InChI is InChI=1S/C19H19N3O4S/c1-21(26-2)19(23)17-13-18(14-7-5-4-6-8-14)22(20-17)15-9-11-16(12-10-15)27(3,24)25/h4-13H,1-3H3. The minimum atomic E-state index is -3.29. The number of aromatic nitrogens is 2. The van der Waals surface area contributed by atoms with E-state index in [0.717, 1.165) is 16.9 Å². The summed E-state index contributed by atoms with van der Waals surface area (Å²) in [6, 6.07) is 17.5. The Morgan fingerprint density at radius 2 is 1.70 bits per heavy atom. The molecule has 0 spiro atoms. The second kappa shape index (κ2) is 7.34. The van der Waals surface area contributed by atoms with Gasteiger partial charge in [0.15, 0.2) is 15.5 Å². The molecule has 0 saturated heterocycles. The molecular formula is C19H19N3O4S. The number of benzene rings is 2. The van der Waals surface area contributed by atoms with Crippen LogP contribution in [0.4, 0.5) is 0 Å². The van der Waals surface area contributed by atoms with Crippen molar-refractivity contribution in [3.8, 4) is 16.9 Å². The second-order valence-corrected chi connectivity index (χ2v) is 7.96. The summed E-state index contributed by atoms with van der Waals surface area (Å²) in [6.45, 7) is 0. The van der Waals surface area contributed by atoms with Gasteiger partial charge in [0.2, 0.25) is 0 Å². The lowest BCUT2D eigenvalue weighted by molar-refractivity contribution is -0.0760. The largest absolute Gasteiger partial charge is 0.297 e. The fraction of sp³-hybridized carbons (Fsp3) is 0.158. The number of carbonyl (C=O) groups excluding carboxylic acids is 1. The van der Waals surface area contributed by atoms with Crippen molar-refractivity contribution in [3.63, 3.8) is 0 Å². The Balaban J connectivity index is 2.13. The van der Waals surface area contributed by atoms with Crippen LogP contribution >= 0.6 is 0 Å². The van der Waals surface area contributed by atoms with Crippen molar-refractivity contribution in [2.45, 2.75) is 4.90 Å². The van der Waals surface area contributed by atoms with Crippen molar-refractivity contribution in [1.82, 2.24) is 14.8 Å². The van der Waals surface area contributed by atoms with Gasteiger partial charge in [0.25, 0.3) is 5.91 Å². The molecule has 2 aromatic carbocycles. The van der Waals surface area contributed by atoms with Gasteiger partial charge in [-0.05, 0) is 30.3 Å². The van der Waals surface area contributed by atoms with Crippen LogP contribution in [0.5, 0.6) is 0 Å². The van der Waals surface area contributed by atoms with Crippen molar-refractivity contribution in [2.75, 3.05) is 20.4 Å². The molecule has 1 amide bonds. The Kier molecular flexibility index (Phi) is 5.11. The van der Waals surface area contributed by atoms with Crippen molar-refractivity contribution in [1.29, 1.82) is 0 Å². The third-order valence-corrected chi connectivity index (χ3v) is 5.20. The van der Waals surface area contributed by atoms with E-state index in [-0.39, 0.29) is 16.5 Å². The fourth-order valence-corrected chi connectivity index (χ4v) is 3.21. The molecule has 0 bridgehead atoms. The first kappa shape index (κ1) is 18.8. The van der Waals surface area contributed by atoms with E-state index < -0.39 is 9.84 Å². The number of amides is 1. The highest BCUT2D eigenvalue weighted by atomic mass is 32.2. The quantitative estimate of drug-likeness (QED) is 0.631. The third-order valence-electron chi connectivity index (χ3n) is 4.07. The summed E-state index contributed by atoms with van der Waals surface area (Å²) in [4.78, 5) is 17.6. The van der Waals surface area contributed by atoms with Crippen LogP contribution in [0.25, 0.3) is 16.9 Å². The van der Waals surface area contributed by atoms with Gasteiger partial charge in [-0.3, -0.25) is 9.63 Å².